The van der Waals surface area contributed by atoms with E-state index in [2.05, 4.69) is 44.3 Å². The van der Waals surface area contributed by atoms with Crippen LogP contribution in [0.2, 0.25) is 0 Å². The SMILES string of the molecule is CC(C)CNc1cnn(CC(C)C)c1. The summed E-state index contributed by atoms with van der Waals surface area (Å²) in [6, 6.07) is 0. The molecule has 1 aromatic heterocycles. The zero-order chi connectivity index (χ0) is 10.6. The topological polar surface area (TPSA) is 29.9 Å². The van der Waals surface area contributed by atoms with Crippen LogP contribution in [0, 0.1) is 11.8 Å². The van der Waals surface area contributed by atoms with Crippen LogP contribution in [0.4, 0.5) is 5.69 Å². The fourth-order valence-electron chi connectivity index (χ4n) is 1.25. The number of aromatic nitrogens is 2. The van der Waals surface area contributed by atoms with Gasteiger partial charge in [0.05, 0.1) is 11.9 Å². The lowest BCUT2D eigenvalue weighted by molar-refractivity contribution is 0.483. The molecule has 1 N–H and O–H groups in total. The van der Waals surface area contributed by atoms with Gasteiger partial charge in [0.1, 0.15) is 0 Å². The lowest BCUT2D eigenvalue weighted by Gasteiger charge is -2.06. The van der Waals surface area contributed by atoms with Crippen molar-refractivity contribution in [3.05, 3.63) is 12.4 Å². The zero-order valence-electron chi connectivity index (χ0n) is 9.62. The van der Waals surface area contributed by atoms with Gasteiger partial charge in [-0.1, -0.05) is 27.7 Å². The van der Waals surface area contributed by atoms with Crippen molar-refractivity contribution in [2.45, 2.75) is 34.2 Å². The minimum Gasteiger partial charge on any atom is -0.382 e. The maximum Gasteiger partial charge on any atom is 0.0726 e. The highest BCUT2D eigenvalue weighted by Gasteiger charge is 2.00. The van der Waals surface area contributed by atoms with Gasteiger partial charge in [0, 0.05) is 19.3 Å². The van der Waals surface area contributed by atoms with Crippen LogP contribution in [0.5, 0.6) is 0 Å². The number of anilines is 1. The van der Waals surface area contributed by atoms with Crippen LogP contribution in [0.1, 0.15) is 27.7 Å². The van der Waals surface area contributed by atoms with E-state index in [9.17, 15) is 0 Å². The average Bonchev–Trinajstić information content (AvgIpc) is 2.47. The summed E-state index contributed by atoms with van der Waals surface area (Å²) in [7, 11) is 0. The predicted molar refractivity (Wildman–Crippen MR) is 60.4 cm³/mol. The molecule has 14 heavy (non-hydrogen) atoms. The van der Waals surface area contributed by atoms with Crippen LogP contribution < -0.4 is 5.32 Å². The lowest BCUT2D eigenvalue weighted by Crippen LogP contribution is -2.07. The second kappa shape index (κ2) is 5.03. The van der Waals surface area contributed by atoms with Crippen LogP contribution in [0.3, 0.4) is 0 Å². The first-order chi connectivity index (χ1) is 6.58. The van der Waals surface area contributed by atoms with E-state index in [1.165, 1.54) is 0 Å². The molecule has 1 heterocycles. The van der Waals surface area contributed by atoms with Crippen molar-refractivity contribution in [2.24, 2.45) is 11.8 Å². The largest absolute Gasteiger partial charge is 0.382 e. The molecule has 3 heteroatoms. The Labute approximate surface area is 86.5 Å². The minimum absolute atomic E-state index is 0.646. The second-order valence-electron chi connectivity index (χ2n) is 4.62. The Balaban J connectivity index is 2.42. The van der Waals surface area contributed by atoms with Crippen molar-refractivity contribution >= 4 is 5.69 Å². The first kappa shape index (κ1) is 11.1. The number of hydrogen-bond donors (Lipinski definition) is 1. The molecule has 0 atom stereocenters. The Bertz CT molecular complexity index is 263. The van der Waals surface area contributed by atoms with Gasteiger partial charge >= 0.3 is 0 Å². The standard InChI is InChI=1S/C11H21N3/c1-9(2)5-12-11-6-13-14(8-11)7-10(3)4/h6,8-10,12H,5,7H2,1-4H3. The molecule has 0 aliphatic heterocycles. The molecule has 1 aromatic rings. The van der Waals surface area contributed by atoms with Gasteiger partial charge in [0.2, 0.25) is 0 Å². The van der Waals surface area contributed by atoms with E-state index in [4.69, 9.17) is 0 Å². The van der Waals surface area contributed by atoms with Crippen molar-refractivity contribution in [3.63, 3.8) is 0 Å². The van der Waals surface area contributed by atoms with Gasteiger partial charge < -0.3 is 5.32 Å². The number of nitrogens with zero attached hydrogens (tertiary/aromatic N) is 2. The summed E-state index contributed by atoms with van der Waals surface area (Å²) in [5.41, 5.74) is 1.12. The molecule has 0 aliphatic rings. The van der Waals surface area contributed by atoms with Gasteiger partial charge in [-0.3, -0.25) is 4.68 Å². The van der Waals surface area contributed by atoms with Crippen LogP contribution in [0.25, 0.3) is 0 Å². The molecule has 0 saturated heterocycles. The third-order valence-electron chi connectivity index (χ3n) is 1.90. The van der Waals surface area contributed by atoms with Crippen molar-refractivity contribution in [3.8, 4) is 0 Å². The van der Waals surface area contributed by atoms with E-state index in [0.29, 0.717) is 11.8 Å². The van der Waals surface area contributed by atoms with E-state index in [1.54, 1.807) is 0 Å². The number of nitrogens with one attached hydrogen (secondary N) is 1. The van der Waals surface area contributed by atoms with Gasteiger partial charge in [-0.05, 0) is 11.8 Å². The fourth-order valence-corrected chi connectivity index (χ4v) is 1.25. The first-order valence-corrected chi connectivity index (χ1v) is 5.34. The smallest absolute Gasteiger partial charge is 0.0726 e. The summed E-state index contributed by atoms with van der Waals surface area (Å²) in [4.78, 5) is 0. The molecule has 0 radical (unpaired) electrons. The van der Waals surface area contributed by atoms with Gasteiger partial charge in [-0.15, -0.1) is 0 Å². The highest BCUT2D eigenvalue weighted by Crippen LogP contribution is 2.07. The molecule has 0 aliphatic carbocycles. The molecule has 0 fully saturated rings. The Kier molecular flexibility index (Phi) is 3.98. The summed E-state index contributed by atoms with van der Waals surface area (Å²) in [6.07, 6.45) is 3.97. The molecule has 3 nitrogen and oxygen atoms in total. The summed E-state index contributed by atoms with van der Waals surface area (Å²) < 4.78 is 1.99. The predicted octanol–water partition coefficient (Wildman–Crippen LogP) is 2.61. The summed E-state index contributed by atoms with van der Waals surface area (Å²) in [5, 5.41) is 7.64. The molecule has 0 saturated carbocycles. The first-order valence-electron chi connectivity index (χ1n) is 5.34. The van der Waals surface area contributed by atoms with Gasteiger partial charge in [0.25, 0.3) is 0 Å². The van der Waals surface area contributed by atoms with Crippen LogP contribution in [0.15, 0.2) is 12.4 Å². The highest BCUT2D eigenvalue weighted by molar-refractivity contribution is 5.37. The van der Waals surface area contributed by atoms with Crippen molar-refractivity contribution < 1.29 is 0 Å². The Morgan fingerprint density at radius 3 is 2.57 bits per heavy atom. The van der Waals surface area contributed by atoms with Crippen LogP contribution >= 0.6 is 0 Å². The van der Waals surface area contributed by atoms with E-state index in [1.807, 2.05) is 10.9 Å². The molecule has 0 aromatic carbocycles. The van der Waals surface area contributed by atoms with Crippen molar-refractivity contribution in [1.29, 1.82) is 0 Å². The zero-order valence-corrected chi connectivity index (χ0v) is 9.62. The molecule has 1 rings (SSSR count). The van der Waals surface area contributed by atoms with E-state index in [0.717, 1.165) is 18.8 Å². The fraction of sp³-hybridized carbons (Fsp3) is 0.727. The summed E-state index contributed by atoms with van der Waals surface area (Å²) >= 11 is 0. The van der Waals surface area contributed by atoms with Gasteiger partial charge in [0.15, 0.2) is 0 Å². The third-order valence-corrected chi connectivity index (χ3v) is 1.90. The van der Waals surface area contributed by atoms with E-state index in [-0.39, 0.29) is 0 Å². The van der Waals surface area contributed by atoms with Gasteiger partial charge in [-0.2, -0.15) is 5.10 Å². The third kappa shape index (κ3) is 3.81. The Hall–Kier alpha value is -0.990. The maximum absolute atomic E-state index is 4.29. The van der Waals surface area contributed by atoms with E-state index < -0.39 is 0 Å². The van der Waals surface area contributed by atoms with Crippen molar-refractivity contribution in [2.75, 3.05) is 11.9 Å². The number of hydrogen-bond acceptors (Lipinski definition) is 2. The monoisotopic (exact) mass is 195 g/mol. The van der Waals surface area contributed by atoms with Crippen LogP contribution in [-0.4, -0.2) is 16.3 Å². The molecule has 0 bridgehead atoms. The van der Waals surface area contributed by atoms with Gasteiger partial charge in [-0.25, -0.2) is 0 Å². The normalized spacial score (nSPS) is 11.3. The molecule has 80 valence electrons. The molecule has 0 unspecified atom stereocenters. The molecule has 0 amide bonds. The minimum atomic E-state index is 0.646. The Morgan fingerprint density at radius 1 is 1.29 bits per heavy atom. The Morgan fingerprint density at radius 2 is 2.00 bits per heavy atom. The maximum atomic E-state index is 4.29. The summed E-state index contributed by atoms with van der Waals surface area (Å²) in [6.45, 7) is 10.8. The van der Waals surface area contributed by atoms with Crippen LogP contribution in [-0.2, 0) is 6.54 Å². The quantitative estimate of drug-likeness (QED) is 0.782. The lowest BCUT2D eigenvalue weighted by atomic mass is 10.2. The second-order valence-corrected chi connectivity index (χ2v) is 4.62. The van der Waals surface area contributed by atoms with E-state index >= 15 is 0 Å². The molecular weight excluding hydrogens is 174 g/mol. The average molecular weight is 195 g/mol. The molecular formula is C11H21N3. The highest BCUT2D eigenvalue weighted by atomic mass is 15.3. The molecule has 0 spiro atoms. The number of rotatable bonds is 5. The van der Waals surface area contributed by atoms with Crippen molar-refractivity contribution in [1.82, 2.24) is 9.78 Å². The summed E-state index contributed by atoms with van der Waals surface area (Å²) in [5.74, 6) is 1.32.